The summed E-state index contributed by atoms with van der Waals surface area (Å²) in [5.74, 6) is 0.157. The summed E-state index contributed by atoms with van der Waals surface area (Å²) in [5, 5.41) is 3.53. The highest BCUT2D eigenvalue weighted by atomic mass is 19.4. The van der Waals surface area contributed by atoms with Crippen molar-refractivity contribution < 1.29 is 17.9 Å². The molecule has 0 fully saturated rings. The fourth-order valence-electron chi connectivity index (χ4n) is 1.38. The lowest BCUT2D eigenvalue weighted by molar-refractivity contribution is -0.141. The Morgan fingerprint density at radius 1 is 1.39 bits per heavy atom. The SMILES string of the molecule is CCCCn1nc(C(F)(F)F)cc1OCCCN. The molecule has 0 aliphatic carbocycles. The predicted octanol–water partition coefficient (Wildman–Crippen LogP) is 2.43. The van der Waals surface area contributed by atoms with Gasteiger partial charge in [0.25, 0.3) is 0 Å². The molecule has 7 heteroatoms. The van der Waals surface area contributed by atoms with E-state index < -0.39 is 11.9 Å². The number of unbranched alkanes of at least 4 members (excludes halogenated alkanes) is 1. The topological polar surface area (TPSA) is 53.1 Å². The Hall–Kier alpha value is -1.24. The lowest BCUT2D eigenvalue weighted by atomic mass is 10.3. The molecule has 1 aromatic rings. The van der Waals surface area contributed by atoms with Crippen molar-refractivity contribution >= 4 is 0 Å². The maximum absolute atomic E-state index is 12.5. The molecular formula is C11H18F3N3O. The van der Waals surface area contributed by atoms with Crippen molar-refractivity contribution in [3.8, 4) is 5.88 Å². The lowest BCUT2D eigenvalue weighted by Crippen LogP contribution is -2.10. The molecule has 1 rings (SSSR count). The third kappa shape index (κ3) is 4.21. The highest BCUT2D eigenvalue weighted by Gasteiger charge is 2.35. The van der Waals surface area contributed by atoms with E-state index in [1.54, 1.807) is 0 Å². The van der Waals surface area contributed by atoms with Crippen molar-refractivity contribution in [1.29, 1.82) is 0 Å². The average Bonchev–Trinajstić information content (AvgIpc) is 2.70. The van der Waals surface area contributed by atoms with E-state index >= 15 is 0 Å². The van der Waals surface area contributed by atoms with E-state index in [2.05, 4.69) is 5.10 Å². The van der Waals surface area contributed by atoms with Crippen LogP contribution < -0.4 is 10.5 Å². The molecule has 1 aromatic heterocycles. The van der Waals surface area contributed by atoms with E-state index in [1.807, 2.05) is 6.92 Å². The molecule has 0 saturated heterocycles. The second-order valence-electron chi connectivity index (χ2n) is 3.93. The van der Waals surface area contributed by atoms with E-state index in [0.29, 0.717) is 26.1 Å². The summed E-state index contributed by atoms with van der Waals surface area (Å²) in [6.45, 7) is 3.12. The van der Waals surface area contributed by atoms with Crippen LogP contribution in [-0.4, -0.2) is 22.9 Å². The highest BCUT2D eigenvalue weighted by Crippen LogP contribution is 2.30. The monoisotopic (exact) mass is 265 g/mol. The second kappa shape index (κ2) is 6.63. The van der Waals surface area contributed by atoms with E-state index in [4.69, 9.17) is 10.5 Å². The first-order valence-electron chi connectivity index (χ1n) is 5.97. The van der Waals surface area contributed by atoms with Crippen LogP contribution in [-0.2, 0) is 12.7 Å². The standard InChI is InChI=1S/C11H18F3N3O/c1-2-3-6-17-10(18-7-4-5-15)8-9(16-17)11(12,13)14/h8H,2-7,15H2,1H3. The molecule has 0 atom stereocenters. The molecule has 0 unspecified atom stereocenters. The molecule has 18 heavy (non-hydrogen) atoms. The number of nitrogens with zero attached hydrogens (tertiary/aromatic N) is 2. The van der Waals surface area contributed by atoms with E-state index in [1.165, 1.54) is 4.68 Å². The number of hydrogen-bond donors (Lipinski definition) is 1. The molecule has 104 valence electrons. The van der Waals surface area contributed by atoms with Crippen LogP contribution in [0.3, 0.4) is 0 Å². The number of rotatable bonds is 7. The number of halogens is 3. The van der Waals surface area contributed by atoms with Gasteiger partial charge in [0, 0.05) is 12.6 Å². The Morgan fingerprint density at radius 2 is 2.11 bits per heavy atom. The Kier molecular flexibility index (Phi) is 5.46. The maximum Gasteiger partial charge on any atom is 0.435 e. The number of aryl methyl sites for hydroxylation is 1. The zero-order chi connectivity index (χ0) is 13.6. The molecule has 0 spiro atoms. The zero-order valence-electron chi connectivity index (χ0n) is 10.3. The van der Waals surface area contributed by atoms with Gasteiger partial charge in [-0.2, -0.15) is 18.3 Å². The summed E-state index contributed by atoms with van der Waals surface area (Å²) in [6, 6.07) is 0.937. The normalized spacial score (nSPS) is 11.8. The smallest absolute Gasteiger partial charge is 0.435 e. The van der Waals surface area contributed by atoms with Gasteiger partial charge in [-0.15, -0.1) is 0 Å². The van der Waals surface area contributed by atoms with Crippen LogP contribution in [0.1, 0.15) is 31.9 Å². The minimum absolute atomic E-state index is 0.157. The fourth-order valence-corrected chi connectivity index (χ4v) is 1.38. The van der Waals surface area contributed by atoms with Crippen molar-refractivity contribution in [2.75, 3.05) is 13.2 Å². The van der Waals surface area contributed by atoms with Crippen molar-refractivity contribution in [3.05, 3.63) is 11.8 Å². The lowest BCUT2D eigenvalue weighted by Gasteiger charge is -2.07. The molecular weight excluding hydrogens is 247 g/mol. The first kappa shape index (κ1) is 14.8. The van der Waals surface area contributed by atoms with Gasteiger partial charge in [-0.1, -0.05) is 13.3 Å². The Balaban J connectivity index is 2.79. The van der Waals surface area contributed by atoms with Gasteiger partial charge in [-0.05, 0) is 19.4 Å². The largest absolute Gasteiger partial charge is 0.478 e. The molecule has 0 aliphatic rings. The summed E-state index contributed by atoms with van der Waals surface area (Å²) >= 11 is 0. The van der Waals surface area contributed by atoms with Crippen molar-refractivity contribution in [3.63, 3.8) is 0 Å². The Morgan fingerprint density at radius 3 is 2.67 bits per heavy atom. The summed E-state index contributed by atoms with van der Waals surface area (Å²) in [4.78, 5) is 0. The number of aromatic nitrogens is 2. The third-order valence-electron chi connectivity index (χ3n) is 2.36. The van der Waals surface area contributed by atoms with Crippen LogP contribution in [0.15, 0.2) is 6.07 Å². The molecule has 0 radical (unpaired) electrons. The molecule has 0 bridgehead atoms. The van der Waals surface area contributed by atoms with Crippen LogP contribution in [0.5, 0.6) is 5.88 Å². The number of alkyl halides is 3. The fraction of sp³-hybridized carbons (Fsp3) is 0.727. The minimum atomic E-state index is -4.44. The summed E-state index contributed by atoms with van der Waals surface area (Å²) in [7, 11) is 0. The molecule has 2 N–H and O–H groups in total. The van der Waals surface area contributed by atoms with Crippen molar-refractivity contribution in [2.24, 2.45) is 5.73 Å². The van der Waals surface area contributed by atoms with E-state index in [9.17, 15) is 13.2 Å². The van der Waals surface area contributed by atoms with Crippen LogP contribution in [0.4, 0.5) is 13.2 Å². The van der Waals surface area contributed by atoms with Crippen LogP contribution in [0, 0.1) is 0 Å². The second-order valence-corrected chi connectivity index (χ2v) is 3.93. The maximum atomic E-state index is 12.5. The van der Waals surface area contributed by atoms with Crippen LogP contribution >= 0.6 is 0 Å². The third-order valence-corrected chi connectivity index (χ3v) is 2.36. The summed E-state index contributed by atoms with van der Waals surface area (Å²) < 4.78 is 44.2. The van der Waals surface area contributed by atoms with Crippen LogP contribution in [0.25, 0.3) is 0 Å². The van der Waals surface area contributed by atoms with E-state index in [-0.39, 0.29) is 5.88 Å². The molecule has 1 heterocycles. The number of nitrogens with two attached hydrogens (primary N) is 1. The molecule has 0 amide bonds. The van der Waals surface area contributed by atoms with Gasteiger partial charge in [-0.3, -0.25) is 0 Å². The van der Waals surface area contributed by atoms with Gasteiger partial charge in [0.15, 0.2) is 5.69 Å². The van der Waals surface area contributed by atoms with Gasteiger partial charge in [-0.25, -0.2) is 4.68 Å². The quantitative estimate of drug-likeness (QED) is 0.770. The van der Waals surface area contributed by atoms with Gasteiger partial charge < -0.3 is 10.5 Å². The average molecular weight is 265 g/mol. The van der Waals surface area contributed by atoms with Gasteiger partial charge >= 0.3 is 6.18 Å². The summed E-state index contributed by atoms with van der Waals surface area (Å²) in [6.07, 6.45) is -2.21. The summed E-state index contributed by atoms with van der Waals surface area (Å²) in [5.41, 5.74) is 4.39. The zero-order valence-corrected chi connectivity index (χ0v) is 10.3. The highest BCUT2D eigenvalue weighted by molar-refractivity contribution is 5.18. The predicted molar refractivity (Wildman–Crippen MR) is 61.3 cm³/mol. The number of ether oxygens (including phenoxy) is 1. The van der Waals surface area contributed by atoms with Gasteiger partial charge in [0.05, 0.1) is 6.61 Å². The van der Waals surface area contributed by atoms with E-state index in [0.717, 1.165) is 18.9 Å². The molecule has 0 aliphatic heterocycles. The molecule has 0 aromatic carbocycles. The van der Waals surface area contributed by atoms with Gasteiger partial charge in [0.1, 0.15) is 0 Å². The molecule has 4 nitrogen and oxygen atoms in total. The number of hydrogen-bond acceptors (Lipinski definition) is 3. The molecule has 0 saturated carbocycles. The Bertz CT molecular complexity index is 363. The minimum Gasteiger partial charge on any atom is -0.478 e. The van der Waals surface area contributed by atoms with Crippen LogP contribution in [0.2, 0.25) is 0 Å². The first-order valence-corrected chi connectivity index (χ1v) is 5.97. The van der Waals surface area contributed by atoms with Crippen molar-refractivity contribution in [1.82, 2.24) is 9.78 Å². The van der Waals surface area contributed by atoms with Crippen molar-refractivity contribution in [2.45, 2.75) is 38.9 Å². The first-order chi connectivity index (χ1) is 8.49. The Labute approximate surface area is 104 Å². The van der Waals surface area contributed by atoms with Gasteiger partial charge in [0.2, 0.25) is 5.88 Å².